The van der Waals surface area contributed by atoms with Crippen molar-refractivity contribution in [3.63, 3.8) is 0 Å². The summed E-state index contributed by atoms with van der Waals surface area (Å²) in [4.78, 5) is 13.5. The van der Waals surface area contributed by atoms with E-state index >= 15 is 0 Å². The minimum atomic E-state index is -4.71. The van der Waals surface area contributed by atoms with E-state index in [1.165, 1.54) is 0 Å². The number of rotatable bonds is 7. The van der Waals surface area contributed by atoms with Gasteiger partial charge in [0.1, 0.15) is 0 Å². The number of amides is 1. The SMILES string of the molecule is Cc1ccc(-n2ncc(C(=O)NCCCSc3ccccc3)c2C(F)(F)F)cc1. The minimum absolute atomic E-state index is 0.251. The van der Waals surface area contributed by atoms with Crippen LogP contribution in [-0.4, -0.2) is 28.0 Å². The van der Waals surface area contributed by atoms with Crippen molar-refractivity contribution in [3.05, 3.63) is 77.6 Å². The maximum atomic E-state index is 13.7. The maximum Gasteiger partial charge on any atom is 0.434 e. The van der Waals surface area contributed by atoms with Gasteiger partial charge in [-0.2, -0.15) is 18.3 Å². The molecule has 1 aromatic heterocycles. The van der Waals surface area contributed by atoms with Gasteiger partial charge in [-0.15, -0.1) is 11.8 Å². The van der Waals surface area contributed by atoms with E-state index in [1.807, 2.05) is 37.3 Å². The summed E-state index contributed by atoms with van der Waals surface area (Å²) in [5.74, 6) is -0.0284. The van der Waals surface area contributed by atoms with Gasteiger partial charge in [0.2, 0.25) is 0 Å². The molecule has 2 aromatic carbocycles. The van der Waals surface area contributed by atoms with E-state index in [2.05, 4.69) is 10.4 Å². The first-order valence-electron chi connectivity index (χ1n) is 9.04. The Morgan fingerprint density at radius 2 is 1.79 bits per heavy atom. The number of alkyl halides is 3. The third-order valence-electron chi connectivity index (χ3n) is 4.18. The van der Waals surface area contributed by atoms with E-state index in [-0.39, 0.29) is 12.2 Å². The molecule has 1 amide bonds. The van der Waals surface area contributed by atoms with Gasteiger partial charge in [0.05, 0.1) is 17.4 Å². The molecule has 0 saturated heterocycles. The third kappa shape index (κ3) is 5.41. The molecule has 1 heterocycles. The molecule has 0 aliphatic heterocycles. The summed E-state index contributed by atoms with van der Waals surface area (Å²) in [5, 5.41) is 6.39. The first-order chi connectivity index (χ1) is 13.9. The number of aryl methyl sites for hydroxylation is 1. The van der Waals surface area contributed by atoms with Crippen LogP contribution >= 0.6 is 11.8 Å². The lowest BCUT2D eigenvalue weighted by atomic mass is 10.2. The lowest BCUT2D eigenvalue weighted by Gasteiger charge is -2.13. The van der Waals surface area contributed by atoms with Crippen molar-refractivity contribution in [1.82, 2.24) is 15.1 Å². The average molecular weight is 419 g/mol. The van der Waals surface area contributed by atoms with Crippen LogP contribution in [0.25, 0.3) is 5.69 Å². The second-order valence-corrected chi connectivity index (χ2v) is 7.59. The first kappa shape index (κ1) is 21.0. The predicted molar refractivity (Wildman–Crippen MR) is 107 cm³/mol. The van der Waals surface area contributed by atoms with Gasteiger partial charge in [-0.3, -0.25) is 4.79 Å². The van der Waals surface area contributed by atoms with Crippen LogP contribution in [0.4, 0.5) is 13.2 Å². The normalized spacial score (nSPS) is 11.4. The number of aromatic nitrogens is 2. The van der Waals surface area contributed by atoms with Crippen molar-refractivity contribution in [2.45, 2.75) is 24.4 Å². The molecule has 152 valence electrons. The highest BCUT2D eigenvalue weighted by Gasteiger charge is 2.40. The van der Waals surface area contributed by atoms with E-state index in [9.17, 15) is 18.0 Å². The Morgan fingerprint density at radius 1 is 1.10 bits per heavy atom. The molecular formula is C21H20F3N3OS. The fourth-order valence-corrected chi connectivity index (χ4v) is 3.62. The zero-order chi connectivity index (χ0) is 20.9. The Morgan fingerprint density at radius 3 is 2.45 bits per heavy atom. The van der Waals surface area contributed by atoms with Crippen molar-refractivity contribution in [3.8, 4) is 5.69 Å². The molecule has 3 rings (SSSR count). The number of hydrogen-bond donors (Lipinski definition) is 1. The van der Waals surface area contributed by atoms with Crippen molar-refractivity contribution in [2.75, 3.05) is 12.3 Å². The molecule has 0 aliphatic carbocycles. The van der Waals surface area contributed by atoms with Crippen LogP contribution in [0.2, 0.25) is 0 Å². The second-order valence-electron chi connectivity index (χ2n) is 6.42. The number of nitrogens with zero attached hydrogens (tertiary/aromatic N) is 2. The molecule has 0 spiro atoms. The molecule has 29 heavy (non-hydrogen) atoms. The van der Waals surface area contributed by atoms with Gasteiger partial charge in [-0.05, 0) is 43.4 Å². The summed E-state index contributed by atoms with van der Waals surface area (Å²) in [5.41, 5.74) is -0.381. The molecule has 0 fully saturated rings. The van der Waals surface area contributed by atoms with Gasteiger partial charge in [0.25, 0.3) is 5.91 Å². The summed E-state index contributed by atoms with van der Waals surface area (Å²) in [6, 6.07) is 16.3. The molecule has 3 aromatic rings. The maximum absolute atomic E-state index is 13.7. The molecule has 0 unspecified atom stereocenters. The Hall–Kier alpha value is -2.74. The number of benzene rings is 2. The topological polar surface area (TPSA) is 46.9 Å². The summed E-state index contributed by atoms with van der Waals surface area (Å²) in [7, 11) is 0. The van der Waals surface area contributed by atoms with Crippen molar-refractivity contribution < 1.29 is 18.0 Å². The van der Waals surface area contributed by atoms with Crippen molar-refractivity contribution in [1.29, 1.82) is 0 Å². The number of hydrogen-bond acceptors (Lipinski definition) is 3. The fraction of sp³-hybridized carbons (Fsp3) is 0.238. The van der Waals surface area contributed by atoms with Crippen LogP contribution in [0.3, 0.4) is 0 Å². The fourth-order valence-electron chi connectivity index (χ4n) is 2.75. The van der Waals surface area contributed by atoms with Gasteiger partial charge >= 0.3 is 6.18 Å². The van der Waals surface area contributed by atoms with Crippen LogP contribution in [0.5, 0.6) is 0 Å². The van der Waals surface area contributed by atoms with E-state index in [1.54, 1.807) is 36.0 Å². The molecule has 0 atom stereocenters. The van der Waals surface area contributed by atoms with Gasteiger partial charge in [-0.1, -0.05) is 35.9 Å². The van der Waals surface area contributed by atoms with E-state index in [0.29, 0.717) is 6.42 Å². The van der Waals surface area contributed by atoms with Crippen LogP contribution in [0, 0.1) is 6.92 Å². The highest BCUT2D eigenvalue weighted by molar-refractivity contribution is 7.99. The van der Waals surface area contributed by atoms with Crippen LogP contribution in [0.15, 0.2) is 65.7 Å². The zero-order valence-electron chi connectivity index (χ0n) is 15.7. The van der Waals surface area contributed by atoms with Gasteiger partial charge < -0.3 is 5.32 Å². The average Bonchev–Trinajstić information content (AvgIpc) is 3.15. The number of nitrogens with one attached hydrogen (secondary N) is 1. The van der Waals surface area contributed by atoms with E-state index in [0.717, 1.165) is 27.1 Å². The third-order valence-corrected chi connectivity index (χ3v) is 5.28. The molecule has 0 aliphatic rings. The number of carbonyl (C=O) groups excluding carboxylic acids is 1. The van der Waals surface area contributed by atoms with Gasteiger partial charge in [0.15, 0.2) is 5.69 Å². The number of carbonyl (C=O) groups is 1. The van der Waals surface area contributed by atoms with Gasteiger partial charge in [0, 0.05) is 11.4 Å². The molecule has 0 bridgehead atoms. The molecule has 8 heteroatoms. The van der Waals surface area contributed by atoms with E-state index in [4.69, 9.17) is 0 Å². The molecule has 1 N–H and O–H groups in total. The summed E-state index contributed by atoms with van der Waals surface area (Å²) < 4.78 is 41.7. The minimum Gasteiger partial charge on any atom is -0.352 e. The van der Waals surface area contributed by atoms with E-state index < -0.39 is 23.3 Å². The Kier molecular flexibility index (Phi) is 6.64. The lowest BCUT2D eigenvalue weighted by molar-refractivity contribution is -0.143. The Labute approximate surface area is 171 Å². The standard InChI is InChI=1S/C21H20F3N3OS/c1-15-8-10-16(11-9-15)27-19(21(22,23)24)18(14-26-27)20(28)25-12-5-13-29-17-6-3-2-4-7-17/h2-4,6-11,14H,5,12-13H2,1H3,(H,25,28). The second kappa shape index (κ2) is 9.17. The highest BCUT2D eigenvalue weighted by atomic mass is 32.2. The number of thioether (sulfide) groups is 1. The van der Waals surface area contributed by atoms with Crippen molar-refractivity contribution >= 4 is 17.7 Å². The highest BCUT2D eigenvalue weighted by Crippen LogP contribution is 2.33. The molecule has 4 nitrogen and oxygen atoms in total. The Bertz CT molecular complexity index is 954. The summed E-state index contributed by atoms with van der Waals surface area (Å²) >= 11 is 1.63. The monoisotopic (exact) mass is 419 g/mol. The quantitative estimate of drug-likeness (QED) is 0.428. The molecule has 0 saturated carbocycles. The smallest absolute Gasteiger partial charge is 0.352 e. The zero-order valence-corrected chi connectivity index (χ0v) is 16.6. The first-order valence-corrected chi connectivity index (χ1v) is 10.0. The summed E-state index contributed by atoms with van der Waals surface area (Å²) in [6.45, 7) is 2.12. The number of halogens is 3. The van der Waals surface area contributed by atoms with Crippen LogP contribution in [-0.2, 0) is 6.18 Å². The van der Waals surface area contributed by atoms with Crippen molar-refractivity contribution in [2.24, 2.45) is 0 Å². The Balaban J connectivity index is 1.66. The predicted octanol–water partition coefficient (Wildman–Crippen LogP) is 5.11. The van der Waals surface area contributed by atoms with Crippen LogP contribution in [0.1, 0.15) is 28.0 Å². The summed E-state index contributed by atoms with van der Waals surface area (Å²) in [6.07, 6.45) is -3.10. The van der Waals surface area contributed by atoms with Crippen LogP contribution < -0.4 is 5.32 Å². The molecule has 0 radical (unpaired) electrons. The largest absolute Gasteiger partial charge is 0.434 e. The van der Waals surface area contributed by atoms with Gasteiger partial charge in [-0.25, -0.2) is 4.68 Å². The lowest BCUT2D eigenvalue weighted by Crippen LogP contribution is -2.27. The molecular weight excluding hydrogens is 399 g/mol.